The number of aromatic nitrogens is 2. The first kappa shape index (κ1) is 22.1. The van der Waals surface area contributed by atoms with Crippen LogP contribution in [0.3, 0.4) is 0 Å². The van der Waals surface area contributed by atoms with Crippen molar-refractivity contribution in [3.8, 4) is 0 Å². The number of hydrogen-bond acceptors (Lipinski definition) is 6. The minimum atomic E-state index is -3.85. The molecule has 0 aliphatic carbocycles. The molecule has 1 aromatic carbocycles. The lowest BCUT2D eigenvalue weighted by molar-refractivity contribution is 0.0956. The Hall–Kier alpha value is -1.59. The Kier molecular flexibility index (Phi) is 7.58. The van der Waals surface area contributed by atoms with Crippen LogP contribution in [0.1, 0.15) is 23.2 Å². The van der Waals surface area contributed by atoms with E-state index in [2.05, 4.69) is 15.0 Å². The van der Waals surface area contributed by atoms with E-state index in [-0.39, 0.29) is 34.0 Å². The van der Waals surface area contributed by atoms with Gasteiger partial charge in [-0.2, -0.15) is 0 Å². The fraction of sp³-hybridized carbons (Fsp3) is 0.444. The third kappa shape index (κ3) is 5.95. The summed E-state index contributed by atoms with van der Waals surface area (Å²) in [7, 11) is -1.95. The van der Waals surface area contributed by atoms with Crippen LogP contribution in [-0.2, 0) is 21.8 Å². The summed E-state index contributed by atoms with van der Waals surface area (Å²) in [6, 6.07) is 4.21. The first-order chi connectivity index (χ1) is 13.9. The standard InChI is InChI=1S/C18H23ClN4O4S2/c1-23-8-6-21-18(23)28-10-7-20-17(24)13-4-5-15(19)16(11-13)29(25,26)22-12-14-3-2-9-27-14/h4-6,8,11,14,22H,2-3,7,9-10,12H2,1H3,(H,20,24)/t14-/m0/s1. The number of carbonyl (C=O) groups excluding carboxylic acids is 1. The fourth-order valence-electron chi connectivity index (χ4n) is 2.84. The maximum absolute atomic E-state index is 12.6. The van der Waals surface area contributed by atoms with Crippen LogP contribution in [0.2, 0.25) is 5.02 Å². The number of imidazole rings is 1. The molecule has 29 heavy (non-hydrogen) atoms. The van der Waals surface area contributed by atoms with Gasteiger partial charge in [-0.1, -0.05) is 23.4 Å². The monoisotopic (exact) mass is 458 g/mol. The number of rotatable bonds is 9. The van der Waals surface area contributed by atoms with Crippen LogP contribution < -0.4 is 10.0 Å². The highest BCUT2D eigenvalue weighted by atomic mass is 35.5. The molecule has 0 bridgehead atoms. The summed E-state index contributed by atoms with van der Waals surface area (Å²) < 4.78 is 35.1. The number of hydrogen-bond donors (Lipinski definition) is 2. The van der Waals surface area contributed by atoms with Crippen molar-refractivity contribution in [1.29, 1.82) is 0 Å². The molecule has 0 radical (unpaired) electrons. The summed E-state index contributed by atoms with van der Waals surface area (Å²) in [6.07, 6.45) is 5.16. The van der Waals surface area contributed by atoms with Crippen LogP contribution in [-0.4, -0.2) is 55.4 Å². The first-order valence-electron chi connectivity index (χ1n) is 9.16. The van der Waals surface area contributed by atoms with Gasteiger partial charge in [-0.05, 0) is 31.0 Å². The second kappa shape index (κ2) is 9.94. The van der Waals surface area contributed by atoms with Crippen molar-refractivity contribution in [2.45, 2.75) is 29.0 Å². The highest BCUT2D eigenvalue weighted by Crippen LogP contribution is 2.23. The largest absolute Gasteiger partial charge is 0.377 e. The van der Waals surface area contributed by atoms with Gasteiger partial charge in [0.25, 0.3) is 5.91 Å². The van der Waals surface area contributed by atoms with Gasteiger partial charge >= 0.3 is 0 Å². The van der Waals surface area contributed by atoms with Gasteiger partial charge in [0, 0.05) is 50.5 Å². The molecule has 2 N–H and O–H groups in total. The maximum Gasteiger partial charge on any atom is 0.251 e. The Bertz CT molecular complexity index is 959. The topological polar surface area (TPSA) is 102 Å². The van der Waals surface area contributed by atoms with E-state index in [1.54, 1.807) is 6.20 Å². The van der Waals surface area contributed by atoms with Crippen molar-refractivity contribution in [3.05, 3.63) is 41.2 Å². The van der Waals surface area contributed by atoms with E-state index >= 15 is 0 Å². The van der Waals surface area contributed by atoms with Crippen LogP contribution in [0.4, 0.5) is 0 Å². The number of thioether (sulfide) groups is 1. The van der Waals surface area contributed by atoms with Gasteiger partial charge in [0.15, 0.2) is 5.16 Å². The predicted octanol–water partition coefficient (Wildman–Crippen LogP) is 2.05. The molecule has 1 fully saturated rings. The Morgan fingerprint density at radius 2 is 2.28 bits per heavy atom. The number of ether oxygens (including phenoxy) is 1. The van der Waals surface area contributed by atoms with Crippen LogP contribution in [0.15, 0.2) is 40.6 Å². The number of benzene rings is 1. The van der Waals surface area contributed by atoms with Crippen molar-refractivity contribution >= 4 is 39.3 Å². The highest BCUT2D eigenvalue weighted by Gasteiger charge is 2.23. The van der Waals surface area contributed by atoms with Crippen molar-refractivity contribution in [2.75, 3.05) is 25.4 Å². The van der Waals surface area contributed by atoms with Crippen molar-refractivity contribution in [1.82, 2.24) is 19.6 Å². The Morgan fingerprint density at radius 3 is 2.97 bits per heavy atom. The molecule has 1 amide bonds. The second-order valence-corrected chi connectivity index (χ2v) is 9.76. The van der Waals surface area contributed by atoms with Crippen LogP contribution >= 0.6 is 23.4 Å². The average Bonchev–Trinajstić information content (AvgIpc) is 3.35. The summed E-state index contributed by atoms with van der Waals surface area (Å²) in [5.41, 5.74) is 0.230. The second-order valence-electron chi connectivity index (χ2n) is 6.56. The zero-order chi connectivity index (χ0) is 20.9. The fourth-order valence-corrected chi connectivity index (χ4v) is 5.21. The molecule has 1 aromatic heterocycles. The zero-order valence-corrected chi connectivity index (χ0v) is 18.3. The quantitative estimate of drug-likeness (QED) is 0.440. The van der Waals surface area contributed by atoms with E-state index in [0.717, 1.165) is 18.0 Å². The average molecular weight is 459 g/mol. The minimum Gasteiger partial charge on any atom is -0.377 e. The van der Waals surface area contributed by atoms with Crippen molar-refractivity contribution in [3.63, 3.8) is 0 Å². The molecule has 1 atom stereocenters. The molecule has 3 rings (SSSR count). The van der Waals surface area contributed by atoms with Crippen molar-refractivity contribution in [2.24, 2.45) is 7.05 Å². The third-order valence-electron chi connectivity index (χ3n) is 4.40. The van der Waals surface area contributed by atoms with Crippen molar-refractivity contribution < 1.29 is 17.9 Å². The number of amides is 1. The summed E-state index contributed by atoms with van der Waals surface area (Å²) in [5, 5.41) is 3.70. The number of halogens is 1. The van der Waals surface area contributed by atoms with Crippen LogP contribution in [0.5, 0.6) is 0 Å². The van der Waals surface area contributed by atoms with E-state index in [1.165, 1.54) is 30.0 Å². The molecule has 8 nitrogen and oxygen atoms in total. The number of nitrogens with zero attached hydrogens (tertiary/aromatic N) is 2. The molecule has 0 unspecified atom stereocenters. The van der Waals surface area contributed by atoms with Crippen LogP contribution in [0, 0.1) is 0 Å². The Labute approximate surface area is 179 Å². The Morgan fingerprint density at radius 1 is 1.45 bits per heavy atom. The molecular formula is C18H23ClN4O4S2. The van der Waals surface area contributed by atoms with E-state index in [9.17, 15) is 13.2 Å². The number of aryl methyl sites for hydroxylation is 1. The Balaban J connectivity index is 1.58. The minimum absolute atomic E-state index is 0.0618. The molecular weight excluding hydrogens is 436 g/mol. The van der Waals surface area contributed by atoms with Gasteiger partial charge in [0.05, 0.1) is 11.1 Å². The number of sulfonamides is 1. The van der Waals surface area contributed by atoms with Gasteiger partial charge in [-0.15, -0.1) is 0 Å². The van der Waals surface area contributed by atoms with Crippen LogP contribution in [0.25, 0.3) is 0 Å². The lowest BCUT2D eigenvalue weighted by atomic mass is 10.2. The third-order valence-corrected chi connectivity index (χ3v) is 7.37. The molecule has 1 aliphatic heterocycles. The van der Waals surface area contributed by atoms with Gasteiger partial charge < -0.3 is 14.6 Å². The van der Waals surface area contributed by atoms with E-state index in [1.807, 2.05) is 17.8 Å². The summed E-state index contributed by atoms with van der Waals surface area (Å²) in [4.78, 5) is 16.5. The number of carbonyl (C=O) groups is 1. The normalized spacial score (nSPS) is 16.8. The lowest BCUT2D eigenvalue weighted by Gasteiger charge is -2.13. The molecule has 1 saturated heterocycles. The van der Waals surface area contributed by atoms with Gasteiger partial charge in [-0.25, -0.2) is 18.1 Å². The highest BCUT2D eigenvalue weighted by molar-refractivity contribution is 7.99. The first-order valence-corrected chi connectivity index (χ1v) is 12.0. The molecule has 158 valence electrons. The SMILES string of the molecule is Cn1ccnc1SCCNC(=O)c1ccc(Cl)c(S(=O)(=O)NC[C@@H]2CCCO2)c1. The van der Waals surface area contributed by atoms with E-state index in [4.69, 9.17) is 16.3 Å². The van der Waals surface area contributed by atoms with Gasteiger partial charge in [-0.3, -0.25) is 4.79 Å². The predicted molar refractivity (Wildman–Crippen MR) is 112 cm³/mol. The molecule has 0 saturated carbocycles. The van der Waals surface area contributed by atoms with E-state index < -0.39 is 10.0 Å². The maximum atomic E-state index is 12.6. The molecule has 2 aromatic rings. The summed E-state index contributed by atoms with van der Waals surface area (Å²) >= 11 is 7.60. The van der Waals surface area contributed by atoms with E-state index in [0.29, 0.717) is 18.9 Å². The summed E-state index contributed by atoms with van der Waals surface area (Å²) in [6.45, 7) is 1.24. The zero-order valence-electron chi connectivity index (χ0n) is 15.9. The molecule has 0 spiro atoms. The molecule has 2 heterocycles. The van der Waals surface area contributed by atoms with Gasteiger partial charge in [0.1, 0.15) is 4.90 Å². The lowest BCUT2D eigenvalue weighted by Crippen LogP contribution is -2.32. The smallest absolute Gasteiger partial charge is 0.251 e. The summed E-state index contributed by atoms with van der Waals surface area (Å²) in [5.74, 6) is 0.274. The molecule has 1 aliphatic rings. The van der Waals surface area contributed by atoms with Gasteiger partial charge in [0.2, 0.25) is 10.0 Å². The number of nitrogens with one attached hydrogen (secondary N) is 2. The molecule has 11 heteroatoms.